The van der Waals surface area contributed by atoms with E-state index in [4.69, 9.17) is 4.52 Å². The van der Waals surface area contributed by atoms with Gasteiger partial charge in [0.1, 0.15) is 5.76 Å². The number of nitrogens with zero attached hydrogens (tertiary/aromatic N) is 2. The second-order valence-corrected chi connectivity index (χ2v) is 4.72. The van der Waals surface area contributed by atoms with Crippen molar-refractivity contribution in [2.24, 2.45) is 5.92 Å². The third-order valence-electron chi connectivity index (χ3n) is 2.64. The number of carbonyl (C=O) groups excluding carboxylic acids is 1. The molecule has 0 aliphatic carbocycles. The molecule has 1 rings (SSSR count). The van der Waals surface area contributed by atoms with Crippen molar-refractivity contribution in [2.75, 3.05) is 7.05 Å². The molecule has 1 amide bonds. The van der Waals surface area contributed by atoms with E-state index in [1.807, 2.05) is 6.92 Å². The number of amides is 1. The van der Waals surface area contributed by atoms with E-state index in [1.165, 1.54) is 0 Å². The van der Waals surface area contributed by atoms with E-state index in [1.54, 1.807) is 24.9 Å². The maximum absolute atomic E-state index is 12.0. The molecule has 0 aromatic carbocycles. The zero-order valence-corrected chi connectivity index (χ0v) is 10.7. The number of aromatic nitrogens is 1. The van der Waals surface area contributed by atoms with Crippen LogP contribution >= 0.6 is 0 Å². The molecule has 1 unspecified atom stereocenters. The van der Waals surface area contributed by atoms with E-state index < -0.39 is 0 Å². The molecule has 0 aliphatic rings. The molecule has 0 aliphatic heterocycles. The molecule has 0 N–H and O–H groups in total. The average molecular weight is 224 g/mol. The van der Waals surface area contributed by atoms with E-state index >= 15 is 0 Å². The lowest BCUT2D eigenvalue weighted by Gasteiger charge is -2.25. The summed E-state index contributed by atoms with van der Waals surface area (Å²) in [6.07, 6.45) is 0.985. The van der Waals surface area contributed by atoms with Crippen molar-refractivity contribution in [3.63, 3.8) is 0 Å². The predicted molar refractivity (Wildman–Crippen MR) is 62.3 cm³/mol. The van der Waals surface area contributed by atoms with Crippen LogP contribution in [-0.2, 0) is 0 Å². The molecule has 0 fully saturated rings. The summed E-state index contributed by atoms with van der Waals surface area (Å²) in [5, 5.41) is 3.73. The van der Waals surface area contributed by atoms with E-state index in [0.29, 0.717) is 17.4 Å². The van der Waals surface area contributed by atoms with Crippen LogP contribution in [0.25, 0.3) is 0 Å². The molecule has 0 radical (unpaired) electrons. The van der Waals surface area contributed by atoms with Crippen molar-refractivity contribution in [3.8, 4) is 0 Å². The Bertz CT molecular complexity index is 358. The minimum atomic E-state index is -0.0787. The maximum atomic E-state index is 12.0. The molecule has 0 bridgehead atoms. The Kier molecular flexibility index (Phi) is 4.10. The molecule has 0 saturated heterocycles. The van der Waals surface area contributed by atoms with Gasteiger partial charge in [0.25, 0.3) is 5.91 Å². The lowest BCUT2D eigenvalue weighted by molar-refractivity contribution is 0.0717. The van der Waals surface area contributed by atoms with Crippen LogP contribution in [0.1, 0.15) is 43.4 Å². The minimum Gasteiger partial charge on any atom is -0.361 e. The lowest BCUT2D eigenvalue weighted by Crippen LogP contribution is -2.36. The van der Waals surface area contributed by atoms with Crippen molar-refractivity contribution < 1.29 is 9.32 Å². The third kappa shape index (κ3) is 3.08. The molecule has 0 saturated carbocycles. The number of hydrogen-bond acceptors (Lipinski definition) is 3. The van der Waals surface area contributed by atoms with Gasteiger partial charge in [-0.2, -0.15) is 0 Å². The molecule has 4 heteroatoms. The summed E-state index contributed by atoms with van der Waals surface area (Å²) in [6.45, 7) is 8.12. The molecule has 16 heavy (non-hydrogen) atoms. The highest BCUT2D eigenvalue weighted by Crippen LogP contribution is 2.13. The Morgan fingerprint density at radius 3 is 2.56 bits per heavy atom. The summed E-state index contributed by atoms with van der Waals surface area (Å²) in [5.41, 5.74) is 0.385. The fourth-order valence-corrected chi connectivity index (χ4v) is 1.69. The Morgan fingerprint density at radius 2 is 2.12 bits per heavy atom. The van der Waals surface area contributed by atoms with Crippen LogP contribution in [0.3, 0.4) is 0 Å². The molecular weight excluding hydrogens is 204 g/mol. The Balaban J connectivity index is 2.67. The van der Waals surface area contributed by atoms with Crippen LogP contribution in [0, 0.1) is 12.8 Å². The van der Waals surface area contributed by atoms with E-state index in [2.05, 4.69) is 19.0 Å². The third-order valence-corrected chi connectivity index (χ3v) is 2.64. The fraction of sp³-hybridized carbons (Fsp3) is 0.667. The van der Waals surface area contributed by atoms with Crippen molar-refractivity contribution in [3.05, 3.63) is 17.5 Å². The first-order chi connectivity index (χ1) is 7.41. The fourth-order valence-electron chi connectivity index (χ4n) is 1.69. The van der Waals surface area contributed by atoms with Crippen LogP contribution in [0.15, 0.2) is 10.6 Å². The topological polar surface area (TPSA) is 46.3 Å². The Hall–Kier alpha value is -1.32. The van der Waals surface area contributed by atoms with Gasteiger partial charge < -0.3 is 9.42 Å². The van der Waals surface area contributed by atoms with Gasteiger partial charge in [-0.05, 0) is 26.2 Å². The Labute approximate surface area is 96.6 Å². The number of aryl methyl sites for hydroxylation is 1. The van der Waals surface area contributed by atoms with Crippen molar-refractivity contribution in [1.82, 2.24) is 10.1 Å². The van der Waals surface area contributed by atoms with Gasteiger partial charge in [0.2, 0.25) is 0 Å². The molecule has 90 valence electrons. The zero-order chi connectivity index (χ0) is 12.3. The van der Waals surface area contributed by atoms with Crippen LogP contribution in [0.4, 0.5) is 0 Å². The van der Waals surface area contributed by atoms with E-state index in [-0.39, 0.29) is 11.9 Å². The molecule has 1 aromatic rings. The first-order valence-corrected chi connectivity index (χ1v) is 5.62. The minimum absolute atomic E-state index is 0.0787. The largest absolute Gasteiger partial charge is 0.361 e. The molecule has 1 heterocycles. The summed E-state index contributed by atoms with van der Waals surface area (Å²) in [4.78, 5) is 13.7. The molecule has 0 spiro atoms. The highest BCUT2D eigenvalue weighted by atomic mass is 16.5. The average Bonchev–Trinajstić information content (AvgIpc) is 2.61. The standard InChI is InChI=1S/C12H20N2O2/c1-8(2)6-9(3)14(5)12(15)11-7-10(4)16-13-11/h7-9H,6H2,1-5H3. The predicted octanol–water partition coefficient (Wildman–Crippen LogP) is 2.49. The Morgan fingerprint density at radius 1 is 1.50 bits per heavy atom. The molecule has 1 aromatic heterocycles. The summed E-state index contributed by atoms with van der Waals surface area (Å²) in [7, 11) is 1.80. The normalized spacial score (nSPS) is 12.9. The summed E-state index contributed by atoms with van der Waals surface area (Å²) in [6, 6.07) is 1.88. The quantitative estimate of drug-likeness (QED) is 0.789. The smallest absolute Gasteiger partial charge is 0.276 e. The van der Waals surface area contributed by atoms with Gasteiger partial charge in [-0.15, -0.1) is 0 Å². The molecule has 4 nitrogen and oxygen atoms in total. The lowest BCUT2D eigenvalue weighted by atomic mass is 10.0. The molecule has 1 atom stereocenters. The monoisotopic (exact) mass is 224 g/mol. The summed E-state index contributed by atoms with van der Waals surface area (Å²) >= 11 is 0. The SMILES string of the molecule is Cc1cc(C(=O)N(C)C(C)CC(C)C)no1. The van der Waals surface area contributed by atoms with Gasteiger partial charge in [0.15, 0.2) is 5.69 Å². The van der Waals surface area contributed by atoms with Gasteiger partial charge in [0.05, 0.1) is 0 Å². The first-order valence-electron chi connectivity index (χ1n) is 5.62. The number of carbonyl (C=O) groups is 1. The van der Waals surface area contributed by atoms with Crippen molar-refractivity contribution in [1.29, 1.82) is 0 Å². The van der Waals surface area contributed by atoms with Crippen LogP contribution < -0.4 is 0 Å². The van der Waals surface area contributed by atoms with Gasteiger partial charge in [-0.1, -0.05) is 19.0 Å². The van der Waals surface area contributed by atoms with Crippen molar-refractivity contribution in [2.45, 2.75) is 40.2 Å². The maximum Gasteiger partial charge on any atom is 0.276 e. The summed E-state index contributed by atoms with van der Waals surface area (Å²) in [5.74, 6) is 1.16. The molecular formula is C12H20N2O2. The van der Waals surface area contributed by atoms with Crippen LogP contribution in [-0.4, -0.2) is 29.1 Å². The van der Waals surface area contributed by atoms with Gasteiger partial charge in [-0.3, -0.25) is 4.79 Å². The van der Waals surface area contributed by atoms with Gasteiger partial charge >= 0.3 is 0 Å². The van der Waals surface area contributed by atoms with Crippen LogP contribution in [0.5, 0.6) is 0 Å². The highest BCUT2D eigenvalue weighted by Gasteiger charge is 2.20. The number of rotatable bonds is 4. The van der Waals surface area contributed by atoms with Gasteiger partial charge in [-0.25, -0.2) is 0 Å². The van der Waals surface area contributed by atoms with E-state index in [9.17, 15) is 4.79 Å². The van der Waals surface area contributed by atoms with Crippen molar-refractivity contribution >= 4 is 5.91 Å². The first kappa shape index (κ1) is 12.7. The van der Waals surface area contributed by atoms with Crippen LogP contribution in [0.2, 0.25) is 0 Å². The van der Waals surface area contributed by atoms with Gasteiger partial charge in [0, 0.05) is 19.2 Å². The second kappa shape index (κ2) is 5.14. The number of hydrogen-bond donors (Lipinski definition) is 0. The zero-order valence-electron chi connectivity index (χ0n) is 10.7. The highest BCUT2D eigenvalue weighted by molar-refractivity contribution is 5.92. The summed E-state index contributed by atoms with van der Waals surface area (Å²) < 4.78 is 4.90. The second-order valence-electron chi connectivity index (χ2n) is 4.72. The van der Waals surface area contributed by atoms with E-state index in [0.717, 1.165) is 6.42 Å².